The highest BCUT2D eigenvalue weighted by molar-refractivity contribution is 7.89. The molecule has 1 unspecified atom stereocenters. The minimum Gasteiger partial charge on any atom is -0.496 e. The van der Waals surface area contributed by atoms with E-state index in [1.807, 2.05) is 0 Å². The molecule has 0 spiro atoms. The number of sulfonamides is 1. The SMILES string of the molecule is CCC1CCN(S(=O)(=O)c2ccc(OC)c(CO)c2)C1. The van der Waals surface area contributed by atoms with Gasteiger partial charge in [0.2, 0.25) is 10.0 Å². The van der Waals surface area contributed by atoms with Crippen LogP contribution in [0.4, 0.5) is 0 Å². The van der Waals surface area contributed by atoms with Crippen LogP contribution in [0.2, 0.25) is 0 Å². The number of methoxy groups -OCH3 is 1. The van der Waals surface area contributed by atoms with E-state index in [2.05, 4.69) is 6.92 Å². The third-order valence-corrected chi connectivity index (χ3v) is 5.75. The third kappa shape index (κ3) is 2.82. The summed E-state index contributed by atoms with van der Waals surface area (Å²) < 4.78 is 31.8. The third-order valence-electron chi connectivity index (χ3n) is 3.89. The minimum atomic E-state index is -3.47. The van der Waals surface area contributed by atoms with Crippen molar-refractivity contribution in [1.29, 1.82) is 0 Å². The summed E-state index contributed by atoms with van der Waals surface area (Å²) >= 11 is 0. The molecule has 1 aromatic rings. The van der Waals surface area contributed by atoms with Gasteiger partial charge >= 0.3 is 0 Å². The van der Waals surface area contributed by atoms with Crippen molar-refractivity contribution < 1.29 is 18.3 Å². The second-order valence-electron chi connectivity index (χ2n) is 5.06. The van der Waals surface area contributed by atoms with E-state index in [0.717, 1.165) is 12.8 Å². The quantitative estimate of drug-likeness (QED) is 0.897. The average Bonchev–Trinajstić information content (AvgIpc) is 2.96. The molecule has 1 aromatic carbocycles. The maximum Gasteiger partial charge on any atom is 0.243 e. The van der Waals surface area contributed by atoms with Gasteiger partial charge in [0.25, 0.3) is 0 Å². The molecule has 0 aromatic heterocycles. The molecule has 5 nitrogen and oxygen atoms in total. The molecule has 1 N–H and O–H groups in total. The van der Waals surface area contributed by atoms with Gasteiger partial charge in [-0.15, -0.1) is 0 Å². The van der Waals surface area contributed by atoms with E-state index < -0.39 is 10.0 Å². The lowest BCUT2D eigenvalue weighted by Gasteiger charge is -2.17. The van der Waals surface area contributed by atoms with Crippen LogP contribution in [0.15, 0.2) is 23.1 Å². The Labute approximate surface area is 120 Å². The first-order valence-electron chi connectivity index (χ1n) is 6.80. The topological polar surface area (TPSA) is 66.8 Å². The van der Waals surface area contributed by atoms with Crippen molar-refractivity contribution in [2.45, 2.75) is 31.3 Å². The van der Waals surface area contributed by atoms with Gasteiger partial charge < -0.3 is 9.84 Å². The Morgan fingerprint density at radius 2 is 2.20 bits per heavy atom. The van der Waals surface area contributed by atoms with Crippen molar-refractivity contribution in [3.05, 3.63) is 23.8 Å². The molecular weight excluding hydrogens is 278 g/mol. The van der Waals surface area contributed by atoms with Crippen LogP contribution in [0.3, 0.4) is 0 Å². The molecule has 2 rings (SSSR count). The second-order valence-corrected chi connectivity index (χ2v) is 7.00. The van der Waals surface area contributed by atoms with Crippen molar-refractivity contribution in [2.75, 3.05) is 20.2 Å². The van der Waals surface area contributed by atoms with Gasteiger partial charge in [-0.3, -0.25) is 0 Å². The Bertz CT molecular complexity index is 571. The van der Waals surface area contributed by atoms with Crippen LogP contribution in [-0.4, -0.2) is 38.0 Å². The average molecular weight is 299 g/mol. The molecule has 1 aliphatic rings. The largest absolute Gasteiger partial charge is 0.496 e. The number of aliphatic hydroxyl groups excluding tert-OH is 1. The summed E-state index contributed by atoms with van der Waals surface area (Å²) in [6.45, 7) is 2.99. The Kier molecular flexibility index (Phi) is 4.67. The highest BCUT2D eigenvalue weighted by Gasteiger charge is 2.32. The van der Waals surface area contributed by atoms with Crippen LogP contribution in [0, 0.1) is 5.92 Å². The standard InChI is InChI=1S/C14H21NO4S/c1-3-11-6-7-15(9-11)20(17,18)13-4-5-14(19-2)12(8-13)10-16/h4-5,8,11,16H,3,6-7,9-10H2,1-2H3. The lowest BCUT2D eigenvalue weighted by atomic mass is 10.1. The summed E-state index contributed by atoms with van der Waals surface area (Å²) in [5.74, 6) is 0.944. The summed E-state index contributed by atoms with van der Waals surface area (Å²) in [5.41, 5.74) is 0.486. The lowest BCUT2D eigenvalue weighted by Crippen LogP contribution is -2.29. The Hall–Kier alpha value is -1.11. The van der Waals surface area contributed by atoms with Crippen LogP contribution < -0.4 is 4.74 Å². The molecule has 6 heteroatoms. The van der Waals surface area contributed by atoms with Gasteiger partial charge in [0.1, 0.15) is 5.75 Å². The van der Waals surface area contributed by atoms with Crippen molar-refractivity contribution in [1.82, 2.24) is 4.31 Å². The zero-order valence-corrected chi connectivity index (χ0v) is 12.7. The lowest BCUT2D eigenvalue weighted by molar-refractivity contribution is 0.273. The Morgan fingerprint density at radius 3 is 2.75 bits per heavy atom. The van der Waals surface area contributed by atoms with Gasteiger partial charge in [-0.25, -0.2) is 8.42 Å². The highest BCUT2D eigenvalue weighted by Crippen LogP contribution is 2.28. The molecule has 0 aliphatic carbocycles. The van der Waals surface area contributed by atoms with E-state index in [-0.39, 0.29) is 11.5 Å². The van der Waals surface area contributed by atoms with Crippen molar-refractivity contribution in [3.8, 4) is 5.75 Å². The van der Waals surface area contributed by atoms with Gasteiger partial charge in [-0.1, -0.05) is 13.3 Å². The summed E-state index contributed by atoms with van der Waals surface area (Å²) in [6.07, 6.45) is 1.91. The number of nitrogens with zero attached hydrogens (tertiary/aromatic N) is 1. The van der Waals surface area contributed by atoms with E-state index in [1.54, 1.807) is 6.07 Å². The van der Waals surface area contributed by atoms with E-state index in [9.17, 15) is 13.5 Å². The maximum absolute atomic E-state index is 12.6. The predicted octanol–water partition coefficient (Wildman–Crippen LogP) is 1.61. The van der Waals surface area contributed by atoms with E-state index in [4.69, 9.17) is 4.74 Å². The molecule has 1 saturated heterocycles. The van der Waals surface area contributed by atoms with Gasteiger partial charge in [0.15, 0.2) is 0 Å². The summed E-state index contributed by atoms with van der Waals surface area (Å²) in [6, 6.07) is 4.62. The molecule has 0 saturated carbocycles. The van der Waals surface area contributed by atoms with Gasteiger partial charge in [-0.2, -0.15) is 4.31 Å². The number of hydrogen-bond acceptors (Lipinski definition) is 4. The van der Waals surface area contributed by atoms with Gasteiger partial charge in [0, 0.05) is 18.7 Å². The first kappa shape index (κ1) is 15.3. The van der Waals surface area contributed by atoms with Crippen LogP contribution in [0.25, 0.3) is 0 Å². The van der Waals surface area contributed by atoms with Crippen molar-refractivity contribution >= 4 is 10.0 Å². The molecular formula is C14H21NO4S. The first-order chi connectivity index (χ1) is 9.52. The zero-order chi connectivity index (χ0) is 14.8. The normalized spacial score (nSPS) is 20.2. The van der Waals surface area contributed by atoms with Crippen LogP contribution in [-0.2, 0) is 16.6 Å². The van der Waals surface area contributed by atoms with E-state index in [0.29, 0.717) is 30.3 Å². The summed E-state index contributed by atoms with van der Waals surface area (Å²) in [5, 5.41) is 9.30. The minimum absolute atomic E-state index is 0.221. The molecule has 0 radical (unpaired) electrons. The van der Waals surface area contributed by atoms with E-state index in [1.165, 1.54) is 23.5 Å². The smallest absolute Gasteiger partial charge is 0.243 e. The molecule has 0 bridgehead atoms. The van der Waals surface area contributed by atoms with E-state index >= 15 is 0 Å². The molecule has 1 heterocycles. The number of benzene rings is 1. The number of ether oxygens (including phenoxy) is 1. The summed E-state index contributed by atoms with van der Waals surface area (Å²) in [4.78, 5) is 0.221. The van der Waals surface area contributed by atoms with Crippen LogP contribution in [0.5, 0.6) is 5.75 Å². The van der Waals surface area contributed by atoms with Crippen molar-refractivity contribution in [2.24, 2.45) is 5.92 Å². The molecule has 112 valence electrons. The monoisotopic (exact) mass is 299 g/mol. The Morgan fingerprint density at radius 1 is 1.45 bits per heavy atom. The number of rotatable bonds is 5. The fourth-order valence-electron chi connectivity index (χ4n) is 2.54. The molecule has 1 atom stereocenters. The van der Waals surface area contributed by atoms with Gasteiger partial charge in [-0.05, 0) is 30.5 Å². The fourth-order valence-corrected chi connectivity index (χ4v) is 4.12. The summed E-state index contributed by atoms with van der Waals surface area (Å²) in [7, 11) is -1.98. The molecule has 1 fully saturated rings. The highest BCUT2D eigenvalue weighted by atomic mass is 32.2. The predicted molar refractivity (Wildman–Crippen MR) is 76.1 cm³/mol. The second kappa shape index (κ2) is 6.11. The molecule has 20 heavy (non-hydrogen) atoms. The van der Waals surface area contributed by atoms with Crippen LogP contribution >= 0.6 is 0 Å². The first-order valence-corrected chi connectivity index (χ1v) is 8.24. The zero-order valence-electron chi connectivity index (χ0n) is 11.9. The molecule has 1 aliphatic heterocycles. The number of hydrogen-bond donors (Lipinski definition) is 1. The number of aliphatic hydroxyl groups is 1. The fraction of sp³-hybridized carbons (Fsp3) is 0.571. The Balaban J connectivity index is 2.30. The van der Waals surface area contributed by atoms with Crippen molar-refractivity contribution in [3.63, 3.8) is 0 Å². The van der Waals surface area contributed by atoms with Gasteiger partial charge in [0.05, 0.1) is 18.6 Å². The maximum atomic E-state index is 12.6. The van der Waals surface area contributed by atoms with Crippen LogP contribution in [0.1, 0.15) is 25.3 Å². The molecule has 0 amide bonds.